The van der Waals surface area contributed by atoms with E-state index in [0.29, 0.717) is 24.3 Å². The summed E-state index contributed by atoms with van der Waals surface area (Å²) in [4.78, 5) is 24.0. The van der Waals surface area contributed by atoms with Crippen molar-refractivity contribution >= 4 is 39.2 Å². The second kappa shape index (κ2) is 8.94. The van der Waals surface area contributed by atoms with E-state index in [0.717, 1.165) is 19.3 Å². The van der Waals surface area contributed by atoms with E-state index in [1.165, 1.54) is 41.7 Å². The van der Waals surface area contributed by atoms with Gasteiger partial charge in [-0.1, -0.05) is 18.0 Å². The van der Waals surface area contributed by atoms with Crippen molar-refractivity contribution in [3.05, 3.63) is 58.6 Å². The first-order valence-electron chi connectivity index (χ1n) is 9.12. The Morgan fingerprint density at radius 2 is 1.62 bits per heavy atom. The maximum absolute atomic E-state index is 12.9. The molecule has 0 atom stereocenters. The molecule has 2 aromatic rings. The SMILES string of the molecule is COC(=O)c1ccc(NC(=O)c2ccc(Cl)c(S(=O)(=O)N3CCCCC3)c2)cc1. The monoisotopic (exact) mass is 436 g/mol. The normalized spacial score (nSPS) is 15.0. The molecule has 0 saturated carbocycles. The summed E-state index contributed by atoms with van der Waals surface area (Å²) in [5.74, 6) is -0.962. The number of esters is 1. The average molecular weight is 437 g/mol. The second-order valence-electron chi connectivity index (χ2n) is 6.63. The Morgan fingerprint density at radius 1 is 1.00 bits per heavy atom. The molecule has 1 saturated heterocycles. The van der Waals surface area contributed by atoms with Crippen molar-refractivity contribution < 1.29 is 22.7 Å². The van der Waals surface area contributed by atoms with Gasteiger partial charge < -0.3 is 10.1 Å². The van der Waals surface area contributed by atoms with Crippen LogP contribution in [0, 0.1) is 0 Å². The third-order valence-electron chi connectivity index (χ3n) is 4.69. The first-order chi connectivity index (χ1) is 13.8. The lowest BCUT2D eigenvalue weighted by Gasteiger charge is -2.26. The number of sulfonamides is 1. The van der Waals surface area contributed by atoms with Crippen LogP contribution < -0.4 is 5.32 Å². The molecule has 0 bridgehead atoms. The van der Waals surface area contributed by atoms with Gasteiger partial charge in [0.25, 0.3) is 5.91 Å². The van der Waals surface area contributed by atoms with Crippen LogP contribution >= 0.6 is 11.6 Å². The van der Waals surface area contributed by atoms with E-state index < -0.39 is 21.9 Å². The summed E-state index contributed by atoms with van der Waals surface area (Å²) in [5, 5.41) is 2.76. The van der Waals surface area contributed by atoms with Gasteiger partial charge in [-0.3, -0.25) is 4.79 Å². The van der Waals surface area contributed by atoms with Crippen LogP contribution in [0.1, 0.15) is 40.0 Å². The topological polar surface area (TPSA) is 92.8 Å². The van der Waals surface area contributed by atoms with Gasteiger partial charge in [-0.25, -0.2) is 13.2 Å². The average Bonchev–Trinajstić information content (AvgIpc) is 2.74. The zero-order valence-corrected chi connectivity index (χ0v) is 17.4. The lowest BCUT2D eigenvalue weighted by Crippen LogP contribution is -2.35. The number of methoxy groups -OCH3 is 1. The summed E-state index contributed by atoms with van der Waals surface area (Å²) in [6.07, 6.45) is 2.61. The first kappa shape index (κ1) is 21.3. The van der Waals surface area contributed by atoms with E-state index in [9.17, 15) is 18.0 Å². The molecule has 1 fully saturated rings. The molecule has 0 aromatic heterocycles. The zero-order chi connectivity index (χ0) is 21.0. The first-order valence-corrected chi connectivity index (χ1v) is 10.9. The van der Waals surface area contributed by atoms with Gasteiger partial charge in [-0.15, -0.1) is 0 Å². The summed E-state index contributed by atoms with van der Waals surface area (Å²) in [6, 6.07) is 10.3. The molecular formula is C20H21ClN2O5S. The van der Waals surface area contributed by atoms with E-state index in [-0.39, 0.29) is 15.5 Å². The number of rotatable bonds is 5. The van der Waals surface area contributed by atoms with Crippen LogP contribution in [0.25, 0.3) is 0 Å². The highest BCUT2D eigenvalue weighted by Gasteiger charge is 2.28. The Kier molecular flexibility index (Phi) is 6.56. The minimum atomic E-state index is -3.77. The number of nitrogens with zero attached hydrogens (tertiary/aromatic N) is 1. The molecule has 0 aliphatic carbocycles. The second-order valence-corrected chi connectivity index (χ2v) is 8.95. The van der Waals surface area contributed by atoms with E-state index in [2.05, 4.69) is 10.1 Å². The predicted octanol–water partition coefficient (Wildman–Crippen LogP) is 3.55. The number of ether oxygens (including phenoxy) is 1. The molecule has 1 amide bonds. The number of halogens is 1. The van der Waals surface area contributed by atoms with Crippen LogP contribution in [0.2, 0.25) is 5.02 Å². The molecule has 7 nitrogen and oxygen atoms in total. The number of amides is 1. The van der Waals surface area contributed by atoms with E-state index in [4.69, 9.17) is 11.6 Å². The van der Waals surface area contributed by atoms with Crippen molar-refractivity contribution in [1.82, 2.24) is 4.31 Å². The number of carbonyl (C=O) groups is 2. The van der Waals surface area contributed by atoms with Gasteiger partial charge in [0, 0.05) is 24.3 Å². The van der Waals surface area contributed by atoms with Gasteiger partial charge in [0.2, 0.25) is 10.0 Å². The summed E-state index contributed by atoms with van der Waals surface area (Å²) < 4.78 is 31.9. The summed E-state index contributed by atoms with van der Waals surface area (Å²) >= 11 is 6.14. The third-order valence-corrected chi connectivity index (χ3v) is 7.07. The van der Waals surface area contributed by atoms with E-state index >= 15 is 0 Å². The number of piperidine rings is 1. The molecule has 1 aliphatic heterocycles. The Morgan fingerprint density at radius 3 is 2.24 bits per heavy atom. The lowest BCUT2D eigenvalue weighted by atomic mass is 10.2. The van der Waals surface area contributed by atoms with Crippen molar-refractivity contribution in [2.75, 3.05) is 25.5 Å². The highest BCUT2D eigenvalue weighted by molar-refractivity contribution is 7.89. The predicted molar refractivity (Wildman–Crippen MR) is 110 cm³/mol. The number of hydrogen-bond acceptors (Lipinski definition) is 5. The third kappa shape index (κ3) is 4.77. The summed E-state index contributed by atoms with van der Waals surface area (Å²) in [7, 11) is -2.48. The fourth-order valence-electron chi connectivity index (χ4n) is 3.10. The van der Waals surface area contributed by atoms with Crippen LogP contribution in [0.5, 0.6) is 0 Å². The van der Waals surface area contributed by atoms with Crippen LogP contribution in [0.4, 0.5) is 5.69 Å². The minimum absolute atomic E-state index is 0.0743. The number of hydrogen-bond donors (Lipinski definition) is 1. The van der Waals surface area contributed by atoms with Gasteiger partial charge in [-0.2, -0.15) is 4.31 Å². The molecule has 154 valence electrons. The number of nitrogens with one attached hydrogen (secondary N) is 1. The number of benzene rings is 2. The molecule has 1 N–H and O–H groups in total. The number of carbonyl (C=O) groups excluding carboxylic acids is 2. The highest BCUT2D eigenvalue weighted by atomic mass is 35.5. The van der Waals surface area contributed by atoms with Crippen molar-refractivity contribution in [1.29, 1.82) is 0 Å². The lowest BCUT2D eigenvalue weighted by molar-refractivity contribution is 0.0600. The number of anilines is 1. The van der Waals surface area contributed by atoms with Crippen molar-refractivity contribution in [3.63, 3.8) is 0 Å². The maximum atomic E-state index is 12.9. The van der Waals surface area contributed by atoms with E-state index in [1.807, 2.05) is 0 Å². The van der Waals surface area contributed by atoms with Crippen molar-refractivity contribution in [3.8, 4) is 0 Å². The fourth-order valence-corrected chi connectivity index (χ4v) is 5.11. The van der Waals surface area contributed by atoms with Gasteiger partial charge in [0.15, 0.2) is 0 Å². The van der Waals surface area contributed by atoms with Gasteiger partial charge in [0.1, 0.15) is 4.90 Å². The van der Waals surface area contributed by atoms with Crippen LogP contribution in [0.15, 0.2) is 47.4 Å². The highest BCUT2D eigenvalue weighted by Crippen LogP contribution is 2.28. The molecule has 1 aliphatic rings. The molecule has 3 rings (SSSR count). The van der Waals surface area contributed by atoms with Gasteiger partial charge in [0.05, 0.1) is 17.7 Å². The minimum Gasteiger partial charge on any atom is -0.465 e. The molecule has 0 spiro atoms. The Bertz CT molecular complexity index is 1020. The zero-order valence-electron chi connectivity index (χ0n) is 15.9. The molecule has 2 aromatic carbocycles. The van der Waals surface area contributed by atoms with Gasteiger partial charge >= 0.3 is 5.97 Å². The van der Waals surface area contributed by atoms with Gasteiger partial charge in [-0.05, 0) is 55.3 Å². The molecule has 9 heteroatoms. The van der Waals surface area contributed by atoms with Crippen molar-refractivity contribution in [2.24, 2.45) is 0 Å². The molecule has 29 heavy (non-hydrogen) atoms. The fraction of sp³-hybridized carbons (Fsp3) is 0.300. The molecule has 0 radical (unpaired) electrons. The maximum Gasteiger partial charge on any atom is 0.337 e. The Labute approximate surface area is 174 Å². The molecule has 0 unspecified atom stereocenters. The Balaban J connectivity index is 1.81. The summed E-state index contributed by atoms with van der Waals surface area (Å²) in [5.41, 5.74) is 0.979. The van der Waals surface area contributed by atoms with Crippen LogP contribution in [-0.4, -0.2) is 44.8 Å². The van der Waals surface area contributed by atoms with Crippen molar-refractivity contribution in [2.45, 2.75) is 24.2 Å². The van der Waals surface area contributed by atoms with Crippen LogP contribution in [0.3, 0.4) is 0 Å². The van der Waals surface area contributed by atoms with E-state index in [1.54, 1.807) is 12.1 Å². The standard InChI is InChI=1S/C20H21ClN2O5S/c1-28-20(25)14-5-8-16(9-6-14)22-19(24)15-7-10-17(21)18(13-15)29(26,27)23-11-3-2-4-12-23/h5-10,13H,2-4,11-12H2,1H3,(H,22,24). The molecule has 1 heterocycles. The summed E-state index contributed by atoms with van der Waals surface area (Å²) in [6.45, 7) is 0.892. The largest absolute Gasteiger partial charge is 0.465 e. The molecular weight excluding hydrogens is 416 g/mol. The smallest absolute Gasteiger partial charge is 0.337 e. The quantitative estimate of drug-likeness (QED) is 0.723. The van der Waals surface area contributed by atoms with Crippen LogP contribution in [-0.2, 0) is 14.8 Å². The Hall–Kier alpha value is -2.42.